The number of primary amides is 1. The van der Waals surface area contributed by atoms with Crippen molar-refractivity contribution >= 4 is 29.2 Å². The predicted molar refractivity (Wildman–Crippen MR) is 132 cm³/mol. The van der Waals surface area contributed by atoms with Crippen molar-refractivity contribution in [3.05, 3.63) is 71.4 Å². The van der Waals surface area contributed by atoms with Crippen molar-refractivity contribution in [3.8, 4) is 5.69 Å². The maximum absolute atomic E-state index is 12.9. The second-order valence-corrected chi connectivity index (χ2v) is 8.57. The van der Waals surface area contributed by atoms with Crippen LogP contribution in [-0.2, 0) is 4.79 Å². The Morgan fingerprint density at radius 1 is 1.03 bits per heavy atom. The molecule has 1 atom stereocenters. The molecule has 9 heteroatoms. The molecule has 0 aliphatic heterocycles. The van der Waals surface area contributed by atoms with Crippen molar-refractivity contribution in [1.29, 1.82) is 0 Å². The van der Waals surface area contributed by atoms with Crippen LogP contribution in [0, 0.1) is 12.8 Å². The average molecular weight is 463 g/mol. The summed E-state index contributed by atoms with van der Waals surface area (Å²) in [6.07, 6.45) is 2.61. The zero-order valence-electron chi connectivity index (χ0n) is 19.5. The second-order valence-electron chi connectivity index (χ2n) is 8.57. The van der Waals surface area contributed by atoms with E-state index in [1.165, 1.54) is 10.9 Å². The van der Waals surface area contributed by atoms with Crippen LogP contribution in [0.2, 0.25) is 0 Å². The summed E-state index contributed by atoms with van der Waals surface area (Å²) < 4.78 is 1.48. The van der Waals surface area contributed by atoms with Gasteiger partial charge in [0.1, 0.15) is 17.4 Å². The number of para-hydroxylation sites is 1. The predicted octanol–water partition coefficient (Wildman–Crippen LogP) is 3.04. The Morgan fingerprint density at radius 3 is 2.38 bits per heavy atom. The van der Waals surface area contributed by atoms with E-state index in [9.17, 15) is 14.4 Å². The molecular formula is C25H30N6O3. The molecule has 0 saturated carbocycles. The quantitative estimate of drug-likeness (QED) is 0.386. The van der Waals surface area contributed by atoms with Crippen molar-refractivity contribution < 1.29 is 14.4 Å². The van der Waals surface area contributed by atoms with E-state index in [4.69, 9.17) is 11.5 Å². The highest BCUT2D eigenvalue weighted by Gasteiger charge is 2.21. The molecule has 9 nitrogen and oxygen atoms in total. The first-order chi connectivity index (χ1) is 16.2. The van der Waals surface area contributed by atoms with Crippen molar-refractivity contribution in [2.75, 3.05) is 11.1 Å². The van der Waals surface area contributed by atoms with Gasteiger partial charge in [-0.15, -0.1) is 0 Å². The number of nitrogen functional groups attached to an aromatic ring is 1. The van der Waals surface area contributed by atoms with Gasteiger partial charge in [-0.25, -0.2) is 4.68 Å². The van der Waals surface area contributed by atoms with Gasteiger partial charge in [0.25, 0.3) is 11.8 Å². The van der Waals surface area contributed by atoms with Crippen LogP contribution in [0.4, 0.5) is 11.5 Å². The summed E-state index contributed by atoms with van der Waals surface area (Å²) in [6, 6.07) is 13.4. The molecule has 3 rings (SSSR count). The lowest BCUT2D eigenvalue weighted by atomic mass is 10.0. The molecule has 0 fully saturated rings. The number of carbonyl (C=O) groups excluding carboxylic acids is 3. The highest BCUT2D eigenvalue weighted by atomic mass is 16.2. The number of carbonyl (C=O) groups is 3. The molecule has 34 heavy (non-hydrogen) atoms. The lowest BCUT2D eigenvalue weighted by Crippen LogP contribution is -2.44. The molecular weight excluding hydrogens is 432 g/mol. The molecule has 0 saturated heterocycles. The van der Waals surface area contributed by atoms with E-state index in [1.807, 2.05) is 51.1 Å². The molecule has 0 radical (unpaired) electrons. The SMILES string of the molecule is Cc1ccc(C(=O)N[C@@H](CCC(C)C)C(N)=O)cc1NC(=O)c1cnn(-c2ccccc2)c1N. The molecule has 1 heterocycles. The van der Waals surface area contributed by atoms with Gasteiger partial charge in [0.2, 0.25) is 5.91 Å². The first-order valence-electron chi connectivity index (χ1n) is 11.1. The number of nitrogens with zero attached hydrogens (tertiary/aromatic N) is 2. The van der Waals surface area contributed by atoms with E-state index in [-0.39, 0.29) is 11.4 Å². The molecule has 6 N–H and O–H groups in total. The van der Waals surface area contributed by atoms with E-state index in [2.05, 4.69) is 15.7 Å². The maximum Gasteiger partial charge on any atom is 0.261 e. The Balaban J connectivity index is 1.76. The molecule has 178 valence electrons. The summed E-state index contributed by atoms with van der Waals surface area (Å²) in [5.74, 6) is -0.907. The van der Waals surface area contributed by atoms with Crippen LogP contribution in [-0.4, -0.2) is 33.5 Å². The zero-order valence-corrected chi connectivity index (χ0v) is 19.5. The third-order valence-electron chi connectivity index (χ3n) is 5.48. The lowest BCUT2D eigenvalue weighted by Gasteiger charge is -2.17. The Bertz CT molecular complexity index is 1190. The largest absolute Gasteiger partial charge is 0.383 e. The number of hydrogen-bond donors (Lipinski definition) is 4. The van der Waals surface area contributed by atoms with Gasteiger partial charge in [0, 0.05) is 11.3 Å². The Hall–Kier alpha value is -4.14. The smallest absolute Gasteiger partial charge is 0.261 e. The van der Waals surface area contributed by atoms with E-state index < -0.39 is 23.8 Å². The molecule has 3 amide bonds. The number of amides is 3. The molecule has 0 bridgehead atoms. The Kier molecular flexibility index (Phi) is 7.68. The topological polar surface area (TPSA) is 145 Å². The number of benzene rings is 2. The minimum atomic E-state index is -0.766. The van der Waals surface area contributed by atoms with E-state index in [0.29, 0.717) is 23.6 Å². The molecule has 0 unspecified atom stereocenters. The van der Waals surface area contributed by atoms with Crippen LogP contribution in [0.5, 0.6) is 0 Å². The fourth-order valence-corrected chi connectivity index (χ4v) is 3.42. The van der Waals surface area contributed by atoms with Crippen molar-refractivity contribution in [2.45, 2.75) is 39.7 Å². The van der Waals surface area contributed by atoms with Gasteiger partial charge in [0.05, 0.1) is 11.9 Å². The highest BCUT2D eigenvalue weighted by Crippen LogP contribution is 2.22. The van der Waals surface area contributed by atoms with Gasteiger partial charge < -0.3 is 22.1 Å². The second kappa shape index (κ2) is 10.7. The van der Waals surface area contributed by atoms with Crippen molar-refractivity contribution in [1.82, 2.24) is 15.1 Å². The first-order valence-corrected chi connectivity index (χ1v) is 11.1. The van der Waals surface area contributed by atoms with E-state index in [0.717, 1.165) is 17.7 Å². The van der Waals surface area contributed by atoms with Crippen LogP contribution in [0.3, 0.4) is 0 Å². The summed E-state index contributed by atoms with van der Waals surface area (Å²) in [5, 5.41) is 9.71. The number of nitrogens with two attached hydrogens (primary N) is 2. The summed E-state index contributed by atoms with van der Waals surface area (Å²) in [7, 11) is 0. The number of nitrogens with one attached hydrogen (secondary N) is 2. The monoisotopic (exact) mass is 462 g/mol. The summed E-state index contributed by atoms with van der Waals surface area (Å²) in [4.78, 5) is 37.5. The van der Waals surface area contributed by atoms with Gasteiger partial charge in [-0.3, -0.25) is 14.4 Å². The molecule has 1 aromatic heterocycles. The number of rotatable bonds is 9. The van der Waals surface area contributed by atoms with Crippen LogP contribution in [0.25, 0.3) is 5.69 Å². The number of hydrogen-bond acceptors (Lipinski definition) is 5. The normalized spacial score (nSPS) is 11.8. The van der Waals surface area contributed by atoms with Gasteiger partial charge in [-0.05, 0) is 55.5 Å². The summed E-state index contributed by atoms with van der Waals surface area (Å²) in [6.45, 7) is 5.87. The fraction of sp³-hybridized carbons (Fsp3) is 0.280. The minimum absolute atomic E-state index is 0.199. The van der Waals surface area contributed by atoms with Crippen molar-refractivity contribution in [3.63, 3.8) is 0 Å². The van der Waals surface area contributed by atoms with Gasteiger partial charge >= 0.3 is 0 Å². The van der Waals surface area contributed by atoms with Gasteiger partial charge in [0.15, 0.2) is 0 Å². The molecule has 2 aromatic carbocycles. The zero-order chi connectivity index (χ0) is 24.8. The first kappa shape index (κ1) is 24.5. The van der Waals surface area contributed by atoms with Crippen LogP contribution in [0.1, 0.15) is 53.0 Å². The molecule has 0 spiro atoms. The molecule has 0 aliphatic rings. The fourth-order valence-electron chi connectivity index (χ4n) is 3.42. The molecule has 3 aromatic rings. The minimum Gasteiger partial charge on any atom is -0.383 e. The van der Waals surface area contributed by atoms with Crippen LogP contribution >= 0.6 is 0 Å². The number of aryl methyl sites for hydroxylation is 1. The summed E-state index contributed by atoms with van der Waals surface area (Å²) in [5.41, 5.74) is 14.1. The Labute approximate surface area is 198 Å². The maximum atomic E-state index is 12.9. The standard InChI is InChI=1S/C25H30N6O3/c1-15(2)9-12-20(23(27)32)29-24(33)17-11-10-16(3)21(13-17)30-25(34)19-14-28-31(22(19)26)18-7-5-4-6-8-18/h4-8,10-11,13-15,20H,9,12,26H2,1-3H3,(H2,27,32)(H,29,33)(H,30,34)/t20-/m0/s1. The Morgan fingerprint density at radius 2 is 1.74 bits per heavy atom. The average Bonchev–Trinajstić information content (AvgIpc) is 3.19. The van der Waals surface area contributed by atoms with Crippen molar-refractivity contribution in [2.24, 2.45) is 11.7 Å². The van der Waals surface area contributed by atoms with E-state index in [1.54, 1.807) is 18.2 Å². The van der Waals surface area contributed by atoms with Crippen LogP contribution < -0.4 is 22.1 Å². The third kappa shape index (κ3) is 5.80. The van der Waals surface area contributed by atoms with E-state index >= 15 is 0 Å². The highest BCUT2D eigenvalue weighted by molar-refractivity contribution is 6.08. The van der Waals surface area contributed by atoms with Crippen LogP contribution in [0.15, 0.2) is 54.7 Å². The van der Waals surface area contributed by atoms with Gasteiger partial charge in [-0.2, -0.15) is 5.10 Å². The number of aromatic nitrogens is 2. The number of anilines is 2. The van der Waals surface area contributed by atoms with Gasteiger partial charge in [-0.1, -0.05) is 38.1 Å². The lowest BCUT2D eigenvalue weighted by molar-refractivity contribution is -0.120. The third-order valence-corrected chi connectivity index (χ3v) is 5.48. The summed E-state index contributed by atoms with van der Waals surface area (Å²) >= 11 is 0. The molecule has 0 aliphatic carbocycles.